The number of piperidine rings is 1. The number of amides is 1. The van der Waals surface area contributed by atoms with Crippen LogP contribution in [-0.4, -0.2) is 50.2 Å². The van der Waals surface area contributed by atoms with Gasteiger partial charge in [0.05, 0.1) is 0 Å². The zero-order valence-electron chi connectivity index (χ0n) is 12.4. The molecule has 2 rings (SSSR count). The van der Waals surface area contributed by atoms with Crippen molar-refractivity contribution in [3.05, 3.63) is 0 Å². The van der Waals surface area contributed by atoms with Gasteiger partial charge in [0.25, 0.3) is 0 Å². The van der Waals surface area contributed by atoms with Crippen molar-refractivity contribution in [3.63, 3.8) is 0 Å². The van der Waals surface area contributed by atoms with Crippen LogP contribution in [0.3, 0.4) is 0 Å². The topological polar surface area (TPSA) is 41.6 Å². The minimum atomic E-state index is 0.232. The first-order valence-electron chi connectivity index (χ1n) is 7.73. The van der Waals surface area contributed by atoms with Crippen molar-refractivity contribution in [2.24, 2.45) is 11.8 Å². The molecule has 1 N–H and O–H groups in total. The van der Waals surface area contributed by atoms with E-state index in [1.165, 1.54) is 0 Å². The molecule has 110 valence electrons. The fourth-order valence-electron chi connectivity index (χ4n) is 3.19. The van der Waals surface area contributed by atoms with Gasteiger partial charge in [0.2, 0.25) is 5.91 Å². The van der Waals surface area contributed by atoms with Crippen molar-refractivity contribution in [1.29, 1.82) is 0 Å². The normalized spacial score (nSPS) is 29.2. The van der Waals surface area contributed by atoms with Gasteiger partial charge in [-0.15, -0.1) is 0 Å². The molecule has 19 heavy (non-hydrogen) atoms. The highest BCUT2D eigenvalue weighted by Crippen LogP contribution is 2.21. The minimum Gasteiger partial charge on any atom is -0.381 e. The first kappa shape index (κ1) is 14.8. The SMILES string of the molecule is C[C@H]1C[C@@H](C(=O)N(C)CCC2CCOCC2)CCN1. The number of ether oxygens (including phenoxy) is 1. The molecule has 0 bridgehead atoms. The molecule has 2 aliphatic heterocycles. The Kier molecular flexibility index (Phi) is 5.64. The molecule has 0 aromatic carbocycles. The molecule has 0 aromatic heterocycles. The third-order valence-corrected chi connectivity index (χ3v) is 4.56. The number of rotatable bonds is 4. The van der Waals surface area contributed by atoms with Crippen molar-refractivity contribution < 1.29 is 9.53 Å². The number of hydrogen-bond donors (Lipinski definition) is 1. The predicted octanol–water partition coefficient (Wildman–Crippen LogP) is 1.65. The summed E-state index contributed by atoms with van der Waals surface area (Å²) in [4.78, 5) is 14.3. The molecule has 2 atom stereocenters. The molecule has 1 amide bonds. The largest absolute Gasteiger partial charge is 0.381 e. The van der Waals surface area contributed by atoms with E-state index >= 15 is 0 Å². The number of hydrogen-bond acceptors (Lipinski definition) is 3. The van der Waals surface area contributed by atoms with Crippen LogP contribution >= 0.6 is 0 Å². The number of nitrogens with one attached hydrogen (secondary N) is 1. The van der Waals surface area contributed by atoms with Gasteiger partial charge in [-0.2, -0.15) is 0 Å². The van der Waals surface area contributed by atoms with Gasteiger partial charge in [-0.3, -0.25) is 4.79 Å². The molecule has 0 aromatic rings. The first-order valence-corrected chi connectivity index (χ1v) is 7.73. The van der Waals surface area contributed by atoms with Gasteiger partial charge in [-0.1, -0.05) is 0 Å². The van der Waals surface area contributed by atoms with E-state index in [2.05, 4.69) is 12.2 Å². The third kappa shape index (κ3) is 4.46. The second kappa shape index (κ2) is 7.25. The summed E-state index contributed by atoms with van der Waals surface area (Å²) < 4.78 is 5.37. The maximum Gasteiger partial charge on any atom is 0.225 e. The molecule has 0 aliphatic carbocycles. The van der Waals surface area contributed by atoms with Crippen LogP contribution in [-0.2, 0) is 9.53 Å². The maximum atomic E-state index is 12.4. The van der Waals surface area contributed by atoms with Crippen LogP contribution in [0, 0.1) is 11.8 Å². The molecule has 2 fully saturated rings. The van der Waals surface area contributed by atoms with Crippen LogP contribution in [0.15, 0.2) is 0 Å². The minimum absolute atomic E-state index is 0.232. The lowest BCUT2D eigenvalue weighted by Crippen LogP contribution is -2.43. The van der Waals surface area contributed by atoms with E-state index in [4.69, 9.17) is 4.74 Å². The van der Waals surface area contributed by atoms with Gasteiger partial charge < -0.3 is 15.0 Å². The van der Waals surface area contributed by atoms with Crippen LogP contribution in [0.1, 0.15) is 39.0 Å². The Morgan fingerprint density at radius 1 is 1.32 bits per heavy atom. The summed E-state index contributed by atoms with van der Waals surface area (Å²) in [5.74, 6) is 1.33. The lowest BCUT2D eigenvalue weighted by Gasteiger charge is -2.31. The summed E-state index contributed by atoms with van der Waals surface area (Å²) in [5, 5.41) is 3.40. The van der Waals surface area contributed by atoms with Crippen molar-refractivity contribution in [2.75, 3.05) is 33.4 Å². The molecule has 4 nitrogen and oxygen atoms in total. The smallest absolute Gasteiger partial charge is 0.225 e. The fourth-order valence-corrected chi connectivity index (χ4v) is 3.19. The monoisotopic (exact) mass is 268 g/mol. The van der Waals surface area contributed by atoms with E-state index in [1.54, 1.807) is 0 Å². The van der Waals surface area contributed by atoms with E-state index in [0.29, 0.717) is 11.9 Å². The summed E-state index contributed by atoms with van der Waals surface area (Å²) >= 11 is 0. The highest BCUT2D eigenvalue weighted by Gasteiger charge is 2.27. The van der Waals surface area contributed by atoms with E-state index in [-0.39, 0.29) is 5.92 Å². The molecular formula is C15H28N2O2. The van der Waals surface area contributed by atoms with Gasteiger partial charge in [-0.05, 0) is 51.5 Å². The lowest BCUT2D eigenvalue weighted by atomic mass is 9.91. The summed E-state index contributed by atoms with van der Waals surface area (Å²) in [6.07, 6.45) is 5.43. The van der Waals surface area contributed by atoms with Crippen molar-refractivity contribution in [1.82, 2.24) is 10.2 Å². The molecular weight excluding hydrogens is 240 g/mol. The molecule has 2 heterocycles. The third-order valence-electron chi connectivity index (χ3n) is 4.56. The van der Waals surface area contributed by atoms with E-state index in [9.17, 15) is 4.79 Å². The summed E-state index contributed by atoms with van der Waals surface area (Å²) in [5.41, 5.74) is 0. The average Bonchev–Trinajstić information content (AvgIpc) is 2.45. The second-order valence-electron chi connectivity index (χ2n) is 6.18. The summed E-state index contributed by atoms with van der Waals surface area (Å²) in [7, 11) is 1.97. The highest BCUT2D eigenvalue weighted by molar-refractivity contribution is 5.78. The number of carbonyl (C=O) groups excluding carboxylic acids is 1. The molecule has 0 unspecified atom stereocenters. The molecule has 0 spiro atoms. The summed E-state index contributed by atoms with van der Waals surface area (Å²) in [6.45, 7) is 5.84. The first-order chi connectivity index (χ1) is 9.16. The highest BCUT2D eigenvalue weighted by atomic mass is 16.5. The van der Waals surface area contributed by atoms with E-state index in [1.807, 2.05) is 11.9 Å². The van der Waals surface area contributed by atoms with Crippen LogP contribution in [0.5, 0.6) is 0 Å². The molecule has 0 radical (unpaired) electrons. The Hall–Kier alpha value is -0.610. The van der Waals surface area contributed by atoms with Crippen molar-refractivity contribution in [3.8, 4) is 0 Å². The van der Waals surface area contributed by atoms with Crippen molar-refractivity contribution >= 4 is 5.91 Å². The lowest BCUT2D eigenvalue weighted by molar-refractivity contribution is -0.135. The summed E-state index contributed by atoms with van der Waals surface area (Å²) in [6, 6.07) is 0.478. The Balaban J connectivity index is 1.72. The standard InChI is InChI=1S/C15H28N2O2/c1-12-11-14(3-7-16-12)15(18)17(2)8-4-13-5-9-19-10-6-13/h12-14,16H,3-11H2,1-2H3/t12-,14-/m0/s1. The molecule has 2 aliphatic rings. The van der Waals surface area contributed by atoms with Gasteiger partial charge in [-0.25, -0.2) is 0 Å². The molecule has 0 saturated carbocycles. The zero-order valence-corrected chi connectivity index (χ0v) is 12.4. The Morgan fingerprint density at radius 2 is 2.05 bits per heavy atom. The number of carbonyl (C=O) groups is 1. The average molecular weight is 268 g/mol. The van der Waals surface area contributed by atoms with E-state index in [0.717, 1.165) is 64.3 Å². The van der Waals surface area contributed by atoms with E-state index < -0.39 is 0 Å². The maximum absolute atomic E-state index is 12.4. The fraction of sp³-hybridized carbons (Fsp3) is 0.933. The molecule has 4 heteroatoms. The van der Waals surface area contributed by atoms with Crippen LogP contribution in [0.4, 0.5) is 0 Å². The Morgan fingerprint density at radius 3 is 2.74 bits per heavy atom. The second-order valence-corrected chi connectivity index (χ2v) is 6.18. The molecule has 2 saturated heterocycles. The predicted molar refractivity (Wildman–Crippen MR) is 76.0 cm³/mol. The van der Waals surface area contributed by atoms with Crippen LogP contribution in [0.2, 0.25) is 0 Å². The Labute approximate surface area is 116 Å². The zero-order chi connectivity index (χ0) is 13.7. The van der Waals surface area contributed by atoms with Gasteiger partial charge >= 0.3 is 0 Å². The van der Waals surface area contributed by atoms with Gasteiger partial charge in [0.15, 0.2) is 0 Å². The van der Waals surface area contributed by atoms with Crippen molar-refractivity contribution in [2.45, 2.75) is 45.1 Å². The van der Waals surface area contributed by atoms with Crippen LogP contribution in [0.25, 0.3) is 0 Å². The van der Waals surface area contributed by atoms with Crippen LogP contribution < -0.4 is 5.32 Å². The van der Waals surface area contributed by atoms with Gasteiger partial charge in [0, 0.05) is 38.8 Å². The quantitative estimate of drug-likeness (QED) is 0.843. The Bertz CT molecular complexity index is 290. The van der Waals surface area contributed by atoms with Gasteiger partial charge in [0.1, 0.15) is 0 Å². The number of nitrogens with zero attached hydrogens (tertiary/aromatic N) is 1.